The summed E-state index contributed by atoms with van der Waals surface area (Å²) < 4.78 is 0. The standard InChI is InChI=1S/C10H22N4/c1-8-5-3-4-6-9(8)7-13-10(12-2)14-11/h8-9H,3-7,11H2,1-2H3,(H2,12,13,14). The van der Waals surface area contributed by atoms with Gasteiger partial charge in [-0.3, -0.25) is 10.4 Å². The topological polar surface area (TPSA) is 62.4 Å². The molecule has 1 aliphatic rings. The number of hydrogen-bond donors (Lipinski definition) is 3. The first kappa shape index (κ1) is 11.3. The van der Waals surface area contributed by atoms with E-state index in [0.717, 1.165) is 18.4 Å². The highest BCUT2D eigenvalue weighted by molar-refractivity contribution is 5.78. The summed E-state index contributed by atoms with van der Waals surface area (Å²) in [5.41, 5.74) is 2.55. The van der Waals surface area contributed by atoms with Crippen LogP contribution in [0.1, 0.15) is 32.6 Å². The Labute approximate surface area is 86.3 Å². The fraction of sp³-hybridized carbons (Fsp3) is 0.900. The fourth-order valence-corrected chi connectivity index (χ4v) is 2.12. The van der Waals surface area contributed by atoms with Gasteiger partial charge in [0, 0.05) is 13.6 Å². The van der Waals surface area contributed by atoms with Crippen LogP contribution in [0.4, 0.5) is 0 Å². The van der Waals surface area contributed by atoms with Gasteiger partial charge in [-0.15, -0.1) is 0 Å². The molecule has 2 atom stereocenters. The van der Waals surface area contributed by atoms with Crippen molar-refractivity contribution in [3.05, 3.63) is 0 Å². The summed E-state index contributed by atoms with van der Waals surface area (Å²) in [5, 5.41) is 3.23. The first-order valence-electron chi connectivity index (χ1n) is 5.45. The van der Waals surface area contributed by atoms with Crippen LogP contribution in [0.2, 0.25) is 0 Å². The SMILES string of the molecule is CN=C(NN)NCC1CCCCC1C. The normalized spacial score (nSPS) is 28.6. The molecule has 1 fully saturated rings. The molecule has 0 heterocycles. The van der Waals surface area contributed by atoms with Gasteiger partial charge in [-0.25, -0.2) is 5.84 Å². The number of aliphatic imine (C=N–C) groups is 1. The monoisotopic (exact) mass is 198 g/mol. The third kappa shape index (κ3) is 3.18. The van der Waals surface area contributed by atoms with Gasteiger partial charge in [0.15, 0.2) is 0 Å². The van der Waals surface area contributed by atoms with Crippen molar-refractivity contribution in [1.82, 2.24) is 10.7 Å². The number of guanidine groups is 1. The second-order valence-electron chi connectivity index (χ2n) is 4.12. The second-order valence-corrected chi connectivity index (χ2v) is 4.12. The van der Waals surface area contributed by atoms with E-state index in [4.69, 9.17) is 5.84 Å². The highest BCUT2D eigenvalue weighted by Gasteiger charge is 2.20. The molecule has 0 radical (unpaired) electrons. The van der Waals surface area contributed by atoms with Gasteiger partial charge in [0.05, 0.1) is 0 Å². The number of hydrogen-bond acceptors (Lipinski definition) is 2. The van der Waals surface area contributed by atoms with Crippen LogP contribution in [-0.4, -0.2) is 19.6 Å². The summed E-state index contributed by atoms with van der Waals surface area (Å²) in [6.07, 6.45) is 5.45. The third-order valence-electron chi connectivity index (χ3n) is 3.18. The zero-order valence-corrected chi connectivity index (χ0v) is 9.21. The van der Waals surface area contributed by atoms with Crippen LogP contribution in [0.15, 0.2) is 4.99 Å². The Bertz CT molecular complexity index is 191. The molecule has 0 saturated heterocycles. The summed E-state index contributed by atoms with van der Waals surface area (Å²) in [5.74, 6) is 7.57. The lowest BCUT2D eigenvalue weighted by atomic mass is 9.80. The zero-order valence-electron chi connectivity index (χ0n) is 9.21. The van der Waals surface area contributed by atoms with Crippen molar-refractivity contribution >= 4 is 5.96 Å². The summed E-state index contributed by atoms with van der Waals surface area (Å²) >= 11 is 0. The molecule has 0 aliphatic heterocycles. The highest BCUT2D eigenvalue weighted by atomic mass is 15.3. The maximum absolute atomic E-state index is 5.29. The number of nitrogens with zero attached hydrogens (tertiary/aromatic N) is 1. The molecule has 0 aromatic carbocycles. The van der Waals surface area contributed by atoms with Gasteiger partial charge in [-0.1, -0.05) is 26.2 Å². The average Bonchev–Trinajstić information content (AvgIpc) is 2.22. The Morgan fingerprint density at radius 1 is 1.43 bits per heavy atom. The van der Waals surface area contributed by atoms with Gasteiger partial charge in [0.2, 0.25) is 5.96 Å². The van der Waals surface area contributed by atoms with Crippen molar-refractivity contribution in [2.24, 2.45) is 22.7 Å². The van der Waals surface area contributed by atoms with E-state index in [1.54, 1.807) is 7.05 Å². The van der Waals surface area contributed by atoms with Gasteiger partial charge >= 0.3 is 0 Å². The molecule has 0 spiro atoms. The first-order valence-corrected chi connectivity index (χ1v) is 5.45. The van der Waals surface area contributed by atoms with Gasteiger partial charge in [-0.2, -0.15) is 0 Å². The molecule has 0 aromatic rings. The summed E-state index contributed by atoms with van der Waals surface area (Å²) in [6.45, 7) is 3.32. The predicted octanol–water partition coefficient (Wildman–Crippen LogP) is 0.851. The molecule has 82 valence electrons. The lowest BCUT2D eigenvalue weighted by Crippen LogP contribution is -2.44. The lowest BCUT2D eigenvalue weighted by Gasteiger charge is -2.29. The molecule has 4 heteroatoms. The number of nitrogens with two attached hydrogens (primary N) is 1. The molecule has 2 unspecified atom stereocenters. The van der Waals surface area contributed by atoms with Crippen LogP contribution in [0.3, 0.4) is 0 Å². The Hall–Kier alpha value is -0.770. The molecule has 1 aliphatic carbocycles. The maximum atomic E-state index is 5.29. The molecular weight excluding hydrogens is 176 g/mol. The molecule has 4 N–H and O–H groups in total. The molecule has 0 aromatic heterocycles. The predicted molar refractivity (Wildman–Crippen MR) is 59.8 cm³/mol. The molecule has 1 rings (SSSR count). The van der Waals surface area contributed by atoms with E-state index in [9.17, 15) is 0 Å². The first-order chi connectivity index (χ1) is 6.77. The minimum Gasteiger partial charge on any atom is -0.355 e. The minimum atomic E-state index is 0.683. The highest BCUT2D eigenvalue weighted by Crippen LogP contribution is 2.28. The van der Waals surface area contributed by atoms with Crippen molar-refractivity contribution in [2.75, 3.05) is 13.6 Å². The van der Waals surface area contributed by atoms with Gasteiger partial charge in [-0.05, 0) is 18.3 Å². The van der Waals surface area contributed by atoms with Crippen molar-refractivity contribution in [2.45, 2.75) is 32.6 Å². The quantitative estimate of drug-likeness (QED) is 0.267. The van der Waals surface area contributed by atoms with Crippen molar-refractivity contribution in [1.29, 1.82) is 0 Å². The summed E-state index contributed by atoms with van der Waals surface area (Å²) in [7, 11) is 1.73. The molecular formula is C10H22N4. The Kier molecular flexibility index (Phi) is 4.73. The minimum absolute atomic E-state index is 0.683. The largest absolute Gasteiger partial charge is 0.355 e. The van der Waals surface area contributed by atoms with E-state index in [1.807, 2.05) is 0 Å². The van der Waals surface area contributed by atoms with Crippen LogP contribution < -0.4 is 16.6 Å². The zero-order chi connectivity index (χ0) is 10.4. The van der Waals surface area contributed by atoms with E-state index in [-0.39, 0.29) is 0 Å². The van der Waals surface area contributed by atoms with Crippen LogP contribution in [0, 0.1) is 11.8 Å². The van der Waals surface area contributed by atoms with E-state index in [2.05, 4.69) is 22.7 Å². The Balaban J connectivity index is 2.28. The Morgan fingerprint density at radius 3 is 2.71 bits per heavy atom. The lowest BCUT2D eigenvalue weighted by molar-refractivity contribution is 0.256. The number of hydrazine groups is 1. The molecule has 0 amide bonds. The third-order valence-corrected chi connectivity index (χ3v) is 3.18. The van der Waals surface area contributed by atoms with E-state index in [0.29, 0.717) is 5.96 Å². The Morgan fingerprint density at radius 2 is 2.14 bits per heavy atom. The summed E-state index contributed by atoms with van der Waals surface area (Å²) in [6, 6.07) is 0. The average molecular weight is 198 g/mol. The van der Waals surface area contributed by atoms with Crippen LogP contribution in [0.25, 0.3) is 0 Å². The van der Waals surface area contributed by atoms with Crippen LogP contribution >= 0.6 is 0 Å². The van der Waals surface area contributed by atoms with Crippen LogP contribution in [-0.2, 0) is 0 Å². The van der Waals surface area contributed by atoms with E-state index in [1.165, 1.54) is 25.7 Å². The van der Waals surface area contributed by atoms with Crippen molar-refractivity contribution < 1.29 is 0 Å². The smallest absolute Gasteiger partial charge is 0.205 e. The van der Waals surface area contributed by atoms with Gasteiger partial charge < -0.3 is 5.32 Å². The van der Waals surface area contributed by atoms with Gasteiger partial charge in [0.25, 0.3) is 0 Å². The molecule has 1 saturated carbocycles. The van der Waals surface area contributed by atoms with Crippen LogP contribution in [0.5, 0.6) is 0 Å². The molecule has 0 bridgehead atoms. The molecule has 4 nitrogen and oxygen atoms in total. The molecule has 14 heavy (non-hydrogen) atoms. The second kappa shape index (κ2) is 5.86. The van der Waals surface area contributed by atoms with E-state index >= 15 is 0 Å². The summed E-state index contributed by atoms with van der Waals surface area (Å²) in [4.78, 5) is 3.99. The fourth-order valence-electron chi connectivity index (χ4n) is 2.12. The van der Waals surface area contributed by atoms with Gasteiger partial charge in [0.1, 0.15) is 0 Å². The number of nitrogens with one attached hydrogen (secondary N) is 2. The van der Waals surface area contributed by atoms with E-state index < -0.39 is 0 Å². The van der Waals surface area contributed by atoms with Crippen molar-refractivity contribution in [3.8, 4) is 0 Å². The number of rotatable bonds is 2. The van der Waals surface area contributed by atoms with Crippen molar-refractivity contribution in [3.63, 3.8) is 0 Å². The maximum Gasteiger partial charge on any atom is 0.205 e.